The fraction of sp³-hybridized carbons (Fsp3) is 0. The van der Waals surface area contributed by atoms with E-state index in [1.165, 1.54) is 10.9 Å². The van der Waals surface area contributed by atoms with Crippen LogP contribution < -0.4 is 11.1 Å². The summed E-state index contributed by atoms with van der Waals surface area (Å²) in [6.45, 7) is 0. The number of nitrogens with two attached hydrogens (primary N) is 1. The minimum atomic E-state index is -0.292. The van der Waals surface area contributed by atoms with Gasteiger partial charge in [0.25, 0.3) is 5.91 Å². The summed E-state index contributed by atoms with van der Waals surface area (Å²) in [5, 5.41) is 12.2. The topological polar surface area (TPSA) is 83.8 Å². The molecule has 0 bridgehead atoms. The first-order valence-corrected chi connectivity index (χ1v) is 6.19. The molecule has 0 aliphatic carbocycles. The van der Waals surface area contributed by atoms with Gasteiger partial charge < -0.3 is 11.1 Å². The van der Waals surface area contributed by atoms with E-state index in [4.69, 9.17) is 5.73 Å². The Kier molecular flexibility index (Phi) is 2.49. The maximum absolute atomic E-state index is 11.9. The molecule has 5 nitrogen and oxygen atoms in total. The molecule has 0 fully saturated rings. The van der Waals surface area contributed by atoms with Crippen molar-refractivity contribution in [3.63, 3.8) is 0 Å². The van der Waals surface area contributed by atoms with Crippen molar-refractivity contribution in [3.8, 4) is 0 Å². The van der Waals surface area contributed by atoms with E-state index in [2.05, 4.69) is 15.5 Å². The van der Waals surface area contributed by atoms with Crippen molar-refractivity contribution >= 4 is 38.7 Å². The number of carbonyl (C=O) groups excluding carboxylic acids is 1. The van der Waals surface area contributed by atoms with Gasteiger partial charge in [-0.2, -0.15) is 5.10 Å². The maximum atomic E-state index is 11.9. The molecule has 0 spiro atoms. The quantitative estimate of drug-likeness (QED) is 0.660. The first kappa shape index (κ1) is 10.8. The predicted molar refractivity (Wildman–Crippen MR) is 72.8 cm³/mol. The van der Waals surface area contributed by atoms with Crippen LogP contribution in [0, 0.1) is 0 Å². The first-order valence-electron chi connectivity index (χ1n) is 5.31. The second-order valence-electron chi connectivity index (χ2n) is 3.83. The van der Waals surface area contributed by atoms with E-state index in [1.807, 2.05) is 29.6 Å². The molecule has 1 amide bonds. The Balaban J connectivity index is 1.88. The summed E-state index contributed by atoms with van der Waals surface area (Å²) in [6.07, 6.45) is 1.41. The molecule has 4 N–H and O–H groups in total. The van der Waals surface area contributed by atoms with E-state index in [-0.39, 0.29) is 11.6 Å². The molecular formula is C12H10N4OS. The molecule has 0 atom stereocenters. The summed E-state index contributed by atoms with van der Waals surface area (Å²) in [6, 6.07) is 7.78. The second-order valence-corrected chi connectivity index (χ2v) is 4.78. The predicted octanol–water partition coefficient (Wildman–Crippen LogP) is 2.46. The fourth-order valence-corrected chi connectivity index (χ4v) is 2.49. The van der Waals surface area contributed by atoms with Gasteiger partial charge in [-0.05, 0) is 35.0 Å². The van der Waals surface area contributed by atoms with Gasteiger partial charge in [0.15, 0.2) is 0 Å². The van der Waals surface area contributed by atoms with Gasteiger partial charge in [-0.15, -0.1) is 11.3 Å². The zero-order valence-electron chi connectivity index (χ0n) is 9.31. The Morgan fingerprint density at radius 3 is 3.06 bits per heavy atom. The molecule has 2 aromatic heterocycles. The Bertz CT molecular complexity index is 716. The number of fused-ring (bicyclic) bond motifs is 1. The van der Waals surface area contributed by atoms with Crippen molar-refractivity contribution in [1.29, 1.82) is 0 Å². The zero-order valence-corrected chi connectivity index (χ0v) is 10.1. The average Bonchev–Trinajstić information content (AvgIpc) is 2.96. The third-order valence-electron chi connectivity index (χ3n) is 2.61. The number of nitrogen functional groups attached to an aromatic ring is 1. The lowest BCUT2D eigenvalue weighted by atomic mass is 10.2. The molecule has 6 heteroatoms. The number of rotatable bonds is 2. The number of carbonyl (C=O) groups is 1. The highest BCUT2D eigenvalue weighted by molar-refractivity contribution is 7.17. The van der Waals surface area contributed by atoms with Gasteiger partial charge in [-0.25, -0.2) is 0 Å². The molecule has 1 aromatic carbocycles. The molecule has 0 saturated heterocycles. The summed E-state index contributed by atoms with van der Waals surface area (Å²) in [4.78, 5) is 11.9. The lowest BCUT2D eigenvalue weighted by Gasteiger charge is -2.04. The number of aromatic amines is 1. The minimum Gasteiger partial charge on any atom is -0.396 e. The number of hydrogen-bond donors (Lipinski definition) is 3. The molecule has 18 heavy (non-hydrogen) atoms. The van der Waals surface area contributed by atoms with Crippen molar-refractivity contribution in [2.24, 2.45) is 0 Å². The second kappa shape index (κ2) is 4.15. The maximum Gasteiger partial charge on any atom is 0.275 e. The molecule has 3 rings (SSSR count). The van der Waals surface area contributed by atoms with Crippen LogP contribution in [0.25, 0.3) is 10.1 Å². The number of thiophene rings is 1. The SMILES string of the molecule is Nc1cn[nH]c1C(=O)Nc1ccc2sccc2c1. The minimum absolute atomic E-state index is 0.278. The normalized spacial score (nSPS) is 10.7. The summed E-state index contributed by atoms with van der Waals surface area (Å²) in [5.74, 6) is -0.292. The number of nitrogens with one attached hydrogen (secondary N) is 2. The van der Waals surface area contributed by atoms with Crippen LogP contribution in [0.4, 0.5) is 11.4 Å². The number of hydrogen-bond acceptors (Lipinski definition) is 4. The van der Waals surface area contributed by atoms with Crippen LogP contribution in [-0.4, -0.2) is 16.1 Å². The number of nitrogens with zero attached hydrogens (tertiary/aromatic N) is 1. The van der Waals surface area contributed by atoms with Gasteiger partial charge in [-0.1, -0.05) is 0 Å². The monoisotopic (exact) mass is 258 g/mol. The van der Waals surface area contributed by atoms with Crippen molar-refractivity contribution in [3.05, 3.63) is 41.5 Å². The summed E-state index contributed by atoms with van der Waals surface area (Å²) in [7, 11) is 0. The molecule has 0 saturated carbocycles. The van der Waals surface area contributed by atoms with E-state index < -0.39 is 0 Å². The standard InChI is InChI=1S/C12H10N4OS/c13-9-6-14-16-11(9)12(17)15-8-1-2-10-7(5-8)3-4-18-10/h1-6H,13H2,(H,14,16)(H,15,17). The third-order valence-corrected chi connectivity index (χ3v) is 3.50. The number of anilines is 2. The van der Waals surface area contributed by atoms with Gasteiger partial charge in [-0.3, -0.25) is 9.89 Å². The fourth-order valence-electron chi connectivity index (χ4n) is 1.72. The summed E-state index contributed by atoms with van der Waals surface area (Å²) < 4.78 is 1.19. The molecule has 0 aliphatic heterocycles. The summed E-state index contributed by atoms with van der Waals surface area (Å²) in [5.41, 5.74) is 6.97. The van der Waals surface area contributed by atoms with Crippen LogP contribution in [0.1, 0.15) is 10.5 Å². The smallest absolute Gasteiger partial charge is 0.275 e. The molecule has 0 radical (unpaired) electrons. The van der Waals surface area contributed by atoms with Crippen LogP contribution >= 0.6 is 11.3 Å². The largest absolute Gasteiger partial charge is 0.396 e. The molecule has 2 heterocycles. The van der Waals surface area contributed by atoms with Gasteiger partial charge in [0.1, 0.15) is 5.69 Å². The number of benzene rings is 1. The highest BCUT2D eigenvalue weighted by atomic mass is 32.1. The Morgan fingerprint density at radius 1 is 1.39 bits per heavy atom. The highest BCUT2D eigenvalue weighted by Gasteiger charge is 2.11. The van der Waals surface area contributed by atoms with Gasteiger partial charge in [0.05, 0.1) is 11.9 Å². The van der Waals surface area contributed by atoms with Crippen molar-refractivity contribution in [2.45, 2.75) is 0 Å². The molecule has 90 valence electrons. The van der Waals surface area contributed by atoms with Crippen molar-refractivity contribution in [2.75, 3.05) is 11.1 Å². The Hall–Kier alpha value is -2.34. The van der Waals surface area contributed by atoms with E-state index >= 15 is 0 Å². The molecule has 3 aromatic rings. The lowest BCUT2D eigenvalue weighted by Crippen LogP contribution is -2.14. The van der Waals surface area contributed by atoms with E-state index in [9.17, 15) is 4.79 Å². The number of amides is 1. The van der Waals surface area contributed by atoms with E-state index in [1.54, 1.807) is 11.3 Å². The third kappa shape index (κ3) is 1.82. The van der Waals surface area contributed by atoms with E-state index in [0.29, 0.717) is 5.69 Å². The Morgan fingerprint density at radius 2 is 2.28 bits per heavy atom. The molecule has 0 aliphatic rings. The summed E-state index contributed by atoms with van der Waals surface area (Å²) >= 11 is 1.67. The first-order chi connectivity index (χ1) is 8.74. The van der Waals surface area contributed by atoms with Crippen LogP contribution in [0.2, 0.25) is 0 Å². The number of H-pyrrole nitrogens is 1. The lowest BCUT2D eigenvalue weighted by molar-refractivity contribution is 0.102. The van der Waals surface area contributed by atoms with Gasteiger partial charge in [0, 0.05) is 10.4 Å². The van der Waals surface area contributed by atoms with Gasteiger partial charge >= 0.3 is 0 Å². The highest BCUT2D eigenvalue weighted by Crippen LogP contribution is 2.24. The Labute approximate surface area is 107 Å². The average molecular weight is 258 g/mol. The van der Waals surface area contributed by atoms with Crippen LogP contribution in [0.15, 0.2) is 35.8 Å². The zero-order chi connectivity index (χ0) is 12.5. The number of aromatic nitrogens is 2. The molecule has 0 unspecified atom stereocenters. The van der Waals surface area contributed by atoms with Crippen molar-refractivity contribution < 1.29 is 4.79 Å². The van der Waals surface area contributed by atoms with E-state index in [0.717, 1.165) is 11.1 Å². The van der Waals surface area contributed by atoms with Crippen molar-refractivity contribution in [1.82, 2.24) is 10.2 Å². The van der Waals surface area contributed by atoms with Crippen LogP contribution in [-0.2, 0) is 0 Å². The molecular weight excluding hydrogens is 248 g/mol. The van der Waals surface area contributed by atoms with Gasteiger partial charge in [0.2, 0.25) is 0 Å². The van der Waals surface area contributed by atoms with Crippen LogP contribution in [0.5, 0.6) is 0 Å². The van der Waals surface area contributed by atoms with Crippen LogP contribution in [0.3, 0.4) is 0 Å².